The molecule has 0 heterocycles. The molecule has 0 spiro atoms. The number of hydrogen-bond acceptors (Lipinski definition) is 3. The minimum absolute atomic E-state index is 0.0451. The Hall–Kier alpha value is -0.580. The van der Waals surface area contributed by atoms with Crippen LogP contribution in [0.2, 0.25) is 5.02 Å². The molecule has 19 heavy (non-hydrogen) atoms. The van der Waals surface area contributed by atoms with Crippen molar-refractivity contribution in [2.45, 2.75) is 38.1 Å². The molecule has 1 aromatic rings. The summed E-state index contributed by atoms with van der Waals surface area (Å²) in [5.41, 5.74) is 0. The second-order valence-electron chi connectivity index (χ2n) is 4.76. The minimum Gasteiger partial charge on any atom is -0.313 e. The molecule has 5 heteroatoms. The van der Waals surface area contributed by atoms with Crippen LogP contribution in [-0.4, -0.2) is 26.8 Å². The highest BCUT2D eigenvalue weighted by Crippen LogP contribution is 2.23. The molecule has 0 saturated carbocycles. The van der Waals surface area contributed by atoms with E-state index in [0.29, 0.717) is 10.9 Å². The normalized spacial score (nSPS) is 15.2. The first-order valence-electron chi connectivity index (χ1n) is 6.63. The van der Waals surface area contributed by atoms with Gasteiger partial charge in [-0.3, -0.25) is 0 Å². The summed E-state index contributed by atoms with van der Waals surface area (Å²) >= 11 is 5.98. The Morgan fingerprint density at radius 3 is 2.42 bits per heavy atom. The second kappa shape index (κ2) is 7.27. The lowest BCUT2D eigenvalue weighted by atomic mass is 10.0. The van der Waals surface area contributed by atoms with Crippen molar-refractivity contribution in [2.24, 2.45) is 5.92 Å². The fourth-order valence-corrected chi connectivity index (χ4v) is 4.23. The maximum atomic E-state index is 12.4. The van der Waals surface area contributed by atoms with Crippen molar-refractivity contribution >= 4 is 21.4 Å². The van der Waals surface area contributed by atoms with E-state index in [1.54, 1.807) is 24.3 Å². The number of sulfone groups is 1. The summed E-state index contributed by atoms with van der Waals surface area (Å²) in [5.74, 6) is 0.386. The molecular formula is C14H22ClNO2S. The van der Waals surface area contributed by atoms with Crippen LogP contribution in [0.1, 0.15) is 27.2 Å². The standard InChI is InChI=1S/C14H22ClNO2S/c1-4-11(3)13(16-5-2)10-19(17,18)14-9-7-6-8-12(14)15/h6-9,11,13,16H,4-5,10H2,1-3H3. The molecule has 0 saturated heterocycles. The lowest BCUT2D eigenvalue weighted by molar-refractivity contribution is 0.398. The Morgan fingerprint density at radius 2 is 1.89 bits per heavy atom. The number of hydrogen-bond donors (Lipinski definition) is 1. The van der Waals surface area contributed by atoms with Gasteiger partial charge >= 0.3 is 0 Å². The molecule has 2 atom stereocenters. The Bertz CT molecular complexity index is 502. The predicted octanol–water partition coefficient (Wildman–Crippen LogP) is 3.14. The van der Waals surface area contributed by atoms with Gasteiger partial charge in [0.1, 0.15) is 0 Å². The van der Waals surface area contributed by atoms with Gasteiger partial charge in [-0.05, 0) is 24.6 Å². The van der Waals surface area contributed by atoms with E-state index in [2.05, 4.69) is 19.2 Å². The molecule has 1 rings (SSSR count). The predicted molar refractivity (Wildman–Crippen MR) is 80.4 cm³/mol. The molecule has 0 aliphatic heterocycles. The maximum absolute atomic E-state index is 12.4. The first-order valence-corrected chi connectivity index (χ1v) is 8.66. The minimum atomic E-state index is -3.36. The van der Waals surface area contributed by atoms with E-state index in [9.17, 15) is 8.42 Å². The summed E-state index contributed by atoms with van der Waals surface area (Å²) in [4.78, 5) is 0.225. The van der Waals surface area contributed by atoms with Gasteiger partial charge in [-0.15, -0.1) is 0 Å². The smallest absolute Gasteiger partial charge is 0.181 e. The van der Waals surface area contributed by atoms with Crippen LogP contribution in [0, 0.1) is 5.92 Å². The zero-order chi connectivity index (χ0) is 14.5. The topological polar surface area (TPSA) is 46.2 Å². The Morgan fingerprint density at radius 1 is 1.26 bits per heavy atom. The van der Waals surface area contributed by atoms with E-state index in [0.717, 1.165) is 13.0 Å². The zero-order valence-corrected chi connectivity index (χ0v) is 13.3. The fraction of sp³-hybridized carbons (Fsp3) is 0.571. The summed E-state index contributed by atoms with van der Waals surface area (Å²) < 4.78 is 24.9. The quantitative estimate of drug-likeness (QED) is 0.842. The molecule has 0 radical (unpaired) electrons. The van der Waals surface area contributed by atoms with Crippen LogP contribution in [0.15, 0.2) is 29.2 Å². The molecule has 0 amide bonds. The van der Waals surface area contributed by atoms with Crippen molar-refractivity contribution in [3.63, 3.8) is 0 Å². The van der Waals surface area contributed by atoms with Crippen LogP contribution in [0.4, 0.5) is 0 Å². The second-order valence-corrected chi connectivity index (χ2v) is 7.17. The first-order chi connectivity index (χ1) is 8.92. The van der Waals surface area contributed by atoms with Crippen molar-refractivity contribution in [1.82, 2.24) is 5.32 Å². The average molecular weight is 304 g/mol. The van der Waals surface area contributed by atoms with E-state index in [1.165, 1.54) is 0 Å². The third-order valence-corrected chi connectivity index (χ3v) is 5.63. The molecule has 0 aliphatic rings. The number of nitrogens with one attached hydrogen (secondary N) is 1. The molecule has 0 fully saturated rings. The van der Waals surface area contributed by atoms with E-state index in [-0.39, 0.29) is 16.7 Å². The van der Waals surface area contributed by atoms with Gasteiger partial charge in [-0.2, -0.15) is 0 Å². The van der Waals surface area contributed by atoms with Gasteiger partial charge in [0.15, 0.2) is 9.84 Å². The summed E-state index contributed by atoms with van der Waals surface area (Å²) in [6.07, 6.45) is 0.940. The highest BCUT2D eigenvalue weighted by Gasteiger charge is 2.25. The van der Waals surface area contributed by atoms with Crippen LogP contribution >= 0.6 is 11.6 Å². The highest BCUT2D eigenvalue weighted by molar-refractivity contribution is 7.91. The Kier molecular flexibility index (Phi) is 6.30. The Labute approximate surface area is 121 Å². The third kappa shape index (κ3) is 4.48. The molecule has 108 valence electrons. The molecule has 3 nitrogen and oxygen atoms in total. The molecule has 1 aromatic carbocycles. The van der Waals surface area contributed by atoms with Gasteiger partial charge in [-0.25, -0.2) is 8.42 Å². The van der Waals surface area contributed by atoms with Gasteiger partial charge in [0.2, 0.25) is 0 Å². The van der Waals surface area contributed by atoms with Gasteiger partial charge in [-0.1, -0.05) is 50.9 Å². The summed E-state index contributed by atoms with van der Waals surface area (Å²) in [7, 11) is -3.36. The van der Waals surface area contributed by atoms with Gasteiger partial charge in [0.25, 0.3) is 0 Å². The lowest BCUT2D eigenvalue weighted by Gasteiger charge is -2.23. The number of halogens is 1. The van der Waals surface area contributed by atoms with E-state index in [1.807, 2.05) is 6.92 Å². The largest absolute Gasteiger partial charge is 0.313 e. The maximum Gasteiger partial charge on any atom is 0.181 e. The van der Waals surface area contributed by atoms with E-state index >= 15 is 0 Å². The molecule has 0 aliphatic carbocycles. The van der Waals surface area contributed by atoms with Crippen molar-refractivity contribution < 1.29 is 8.42 Å². The molecule has 2 unspecified atom stereocenters. The van der Waals surface area contributed by atoms with Gasteiger partial charge < -0.3 is 5.32 Å². The van der Waals surface area contributed by atoms with Crippen LogP contribution in [0.25, 0.3) is 0 Å². The molecular weight excluding hydrogens is 282 g/mol. The van der Waals surface area contributed by atoms with Crippen LogP contribution < -0.4 is 5.32 Å². The monoisotopic (exact) mass is 303 g/mol. The van der Waals surface area contributed by atoms with Gasteiger partial charge in [0.05, 0.1) is 15.7 Å². The summed E-state index contributed by atoms with van der Waals surface area (Å²) in [6, 6.07) is 6.57. The van der Waals surface area contributed by atoms with Crippen LogP contribution in [-0.2, 0) is 9.84 Å². The molecule has 0 bridgehead atoms. The van der Waals surface area contributed by atoms with Crippen molar-refractivity contribution in [1.29, 1.82) is 0 Å². The fourth-order valence-electron chi connectivity index (χ4n) is 1.99. The average Bonchev–Trinajstić information content (AvgIpc) is 2.37. The SMILES string of the molecule is CCNC(CS(=O)(=O)c1ccccc1Cl)C(C)CC. The number of benzene rings is 1. The van der Waals surface area contributed by atoms with Gasteiger partial charge in [0, 0.05) is 6.04 Å². The zero-order valence-electron chi connectivity index (χ0n) is 11.7. The van der Waals surface area contributed by atoms with E-state index in [4.69, 9.17) is 11.6 Å². The summed E-state index contributed by atoms with van der Waals surface area (Å²) in [6.45, 7) is 6.87. The van der Waals surface area contributed by atoms with E-state index < -0.39 is 9.84 Å². The van der Waals surface area contributed by atoms with Crippen LogP contribution in [0.3, 0.4) is 0 Å². The lowest BCUT2D eigenvalue weighted by Crippen LogP contribution is -2.40. The third-order valence-electron chi connectivity index (χ3n) is 3.37. The molecule has 0 aromatic heterocycles. The van der Waals surface area contributed by atoms with Crippen molar-refractivity contribution in [3.8, 4) is 0 Å². The van der Waals surface area contributed by atoms with Crippen LogP contribution in [0.5, 0.6) is 0 Å². The van der Waals surface area contributed by atoms with Crippen molar-refractivity contribution in [3.05, 3.63) is 29.3 Å². The first kappa shape index (κ1) is 16.5. The van der Waals surface area contributed by atoms with Crippen molar-refractivity contribution in [2.75, 3.05) is 12.3 Å². The highest BCUT2D eigenvalue weighted by atomic mass is 35.5. The number of rotatable bonds is 7. The molecule has 1 N–H and O–H groups in total. The Balaban J connectivity index is 2.98. The summed E-state index contributed by atoms with van der Waals surface area (Å²) in [5, 5.41) is 3.55.